The number of alkyl halides is 2. The van der Waals surface area contributed by atoms with Gasteiger partial charge in [-0.15, -0.1) is 0 Å². The van der Waals surface area contributed by atoms with E-state index in [4.69, 9.17) is 9.56 Å². The van der Waals surface area contributed by atoms with Gasteiger partial charge in [0, 0.05) is 0 Å². The number of hydrogen-bond acceptors (Lipinski definition) is 5. The highest BCUT2D eigenvalue weighted by Crippen LogP contribution is 2.26. The van der Waals surface area contributed by atoms with E-state index in [1.807, 2.05) is 0 Å². The monoisotopic (exact) mass is 264 g/mol. The van der Waals surface area contributed by atoms with E-state index in [0.717, 1.165) is 0 Å². The topological polar surface area (TPSA) is 95.4 Å². The van der Waals surface area contributed by atoms with E-state index in [2.05, 4.69) is 9.72 Å². The number of primary sulfonamides is 1. The molecule has 1 aromatic carbocycles. The molecular formula is C8H6F2N2O4S. The van der Waals surface area contributed by atoms with Crippen molar-refractivity contribution in [3.63, 3.8) is 0 Å². The van der Waals surface area contributed by atoms with Gasteiger partial charge in [0.05, 0.1) is 0 Å². The fourth-order valence-corrected chi connectivity index (χ4v) is 1.93. The Labute approximate surface area is 94.0 Å². The van der Waals surface area contributed by atoms with Crippen LogP contribution in [0.2, 0.25) is 0 Å². The van der Waals surface area contributed by atoms with E-state index in [0.29, 0.717) is 0 Å². The first kappa shape index (κ1) is 11.7. The van der Waals surface area contributed by atoms with Gasteiger partial charge in [-0.3, -0.25) is 0 Å². The summed E-state index contributed by atoms with van der Waals surface area (Å²) in [6, 6.07) is 3.91. The highest BCUT2D eigenvalue weighted by atomic mass is 32.2. The molecule has 6 nitrogen and oxygen atoms in total. The number of fused-ring (bicyclic) bond motifs is 1. The number of hydrogen-bond donors (Lipinski definition) is 1. The summed E-state index contributed by atoms with van der Waals surface area (Å²) in [7, 11) is -4.02. The predicted octanol–water partition coefficient (Wildman–Crippen LogP) is 1.08. The van der Waals surface area contributed by atoms with Crippen molar-refractivity contribution in [2.45, 2.75) is 11.5 Å². The molecular weight excluding hydrogens is 258 g/mol. The molecule has 0 aliphatic carbocycles. The standard InChI is InChI=1S/C8H6F2N2O4S/c9-7(10)16-8-12-4-2-1-3-5(6(4)15-8)17(11,13)14/h1-3,7H,(H2,11,13,14). The molecule has 17 heavy (non-hydrogen) atoms. The lowest BCUT2D eigenvalue weighted by atomic mass is 10.3. The molecule has 0 fully saturated rings. The molecule has 0 atom stereocenters. The lowest BCUT2D eigenvalue weighted by Gasteiger charge is -1.97. The van der Waals surface area contributed by atoms with Crippen LogP contribution in [0.25, 0.3) is 11.1 Å². The molecule has 0 aliphatic rings. The number of oxazole rings is 1. The molecule has 0 aliphatic heterocycles. The van der Waals surface area contributed by atoms with E-state index in [9.17, 15) is 17.2 Å². The smallest absolute Gasteiger partial charge is 0.399 e. The van der Waals surface area contributed by atoms with Crippen LogP contribution < -0.4 is 9.88 Å². The van der Waals surface area contributed by atoms with Gasteiger partial charge < -0.3 is 9.15 Å². The Balaban J connectivity index is 2.61. The maximum atomic E-state index is 11.9. The maximum Gasteiger partial charge on any atom is 0.399 e. The lowest BCUT2D eigenvalue weighted by molar-refractivity contribution is -0.0664. The first-order chi connectivity index (χ1) is 7.88. The number of rotatable bonds is 3. The number of nitrogens with zero attached hydrogens (tertiary/aromatic N) is 1. The van der Waals surface area contributed by atoms with Gasteiger partial charge in [0.25, 0.3) is 0 Å². The normalized spacial score (nSPS) is 12.2. The fraction of sp³-hybridized carbons (Fsp3) is 0.125. The summed E-state index contributed by atoms with van der Waals surface area (Å²) in [5.41, 5.74) is -0.155. The number of ether oxygens (including phenoxy) is 1. The van der Waals surface area contributed by atoms with Gasteiger partial charge in [0.2, 0.25) is 10.0 Å². The molecule has 0 saturated carbocycles. The zero-order valence-corrected chi connectivity index (χ0v) is 8.95. The van der Waals surface area contributed by atoms with Crippen LogP contribution in [0.15, 0.2) is 27.5 Å². The van der Waals surface area contributed by atoms with Gasteiger partial charge in [0.1, 0.15) is 10.4 Å². The minimum atomic E-state index is -4.02. The molecule has 0 radical (unpaired) electrons. The average Bonchev–Trinajstić information content (AvgIpc) is 2.55. The molecule has 9 heteroatoms. The Morgan fingerprint density at radius 1 is 1.41 bits per heavy atom. The average molecular weight is 264 g/mol. The van der Waals surface area contributed by atoms with Gasteiger partial charge >= 0.3 is 12.7 Å². The summed E-state index contributed by atoms with van der Waals surface area (Å²) in [5.74, 6) is 0. The van der Waals surface area contributed by atoms with Crippen molar-refractivity contribution in [1.82, 2.24) is 4.98 Å². The van der Waals surface area contributed by atoms with E-state index >= 15 is 0 Å². The number of aromatic nitrogens is 1. The highest BCUT2D eigenvalue weighted by Gasteiger charge is 2.19. The van der Waals surface area contributed by atoms with E-state index in [1.54, 1.807) is 0 Å². The largest absolute Gasteiger partial charge is 0.407 e. The third-order valence-corrected chi connectivity index (χ3v) is 2.79. The van der Waals surface area contributed by atoms with E-state index in [1.165, 1.54) is 18.2 Å². The molecule has 0 amide bonds. The second-order valence-corrected chi connectivity index (χ2v) is 4.54. The van der Waals surface area contributed by atoms with Crippen LogP contribution in [0.4, 0.5) is 8.78 Å². The van der Waals surface area contributed by atoms with Gasteiger partial charge in [0.15, 0.2) is 5.58 Å². The van der Waals surface area contributed by atoms with Crippen LogP contribution in [0.3, 0.4) is 0 Å². The van der Waals surface area contributed by atoms with Gasteiger partial charge in [-0.1, -0.05) is 6.07 Å². The molecule has 0 saturated heterocycles. The van der Waals surface area contributed by atoms with Gasteiger partial charge in [-0.05, 0) is 12.1 Å². The third kappa shape index (κ3) is 2.34. The van der Waals surface area contributed by atoms with Crippen molar-refractivity contribution < 1.29 is 26.4 Å². The van der Waals surface area contributed by atoms with Crippen LogP contribution in [-0.2, 0) is 10.0 Å². The first-order valence-electron chi connectivity index (χ1n) is 4.25. The molecule has 0 bridgehead atoms. The molecule has 1 heterocycles. The zero-order chi connectivity index (χ0) is 12.6. The first-order valence-corrected chi connectivity index (χ1v) is 5.80. The summed E-state index contributed by atoms with van der Waals surface area (Å²) in [4.78, 5) is 3.20. The number of sulfonamides is 1. The number of nitrogens with two attached hydrogens (primary N) is 1. The van der Waals surface area contributed by atoms with Gasteiger partial charge in [-0.2, -0.15) is 13.8 Å². The molecule has 2 aromatic rings. The Kier molecular flexibility index (Phi) is 2.71. The van der Waals surface area contributed by atoms with Crippen LogP contribution >= 0.6 is 0 Å². The SMILES string of the molecule is NS(=O)(=O)c1cccc2nc(OC(F)F)oc12. The molecule has 92 valence electrons. The van der Waals surface area contributed by atoms with Crippen LogP contribution in [-0.4, -0.2) is 20.0 Å². The summed E-state index contributed by atoms with van der Waals surface area (Å²) >= 11 is 0. The fourth-order valence-electron chi connectivity index (χ4n) is 1.25. The quantitative estimate of drug-likeness (QED) is 0.894. The molecule has 2 rings (SSSR count). The second kappa shape index (κ2) is 3.93. The molecule has 2 N–H and O–H groups in total. The minimum absolute atomic E-state index is 0.0622. The summed E-state index contributed by atoms with van der Waals surface area (Å²) < 4.78 is 54.9. The van der Waals surface area contributed by atoms with Crippen LogP contribution in [0.1, 0.15) is 0 Å². The van der Waals surface area contributed by atoms with Crippen LogP contribution in [0.5, 0.6) is 6.08 Å². The number of halogens is 2. The van der Waals surface area contributed by atoms with E-state index < -0.39 is 22.7 Å². The van der Waals surface area contributed by atoms with Crippen molar-refractivity contribution in [3.05, 3.63) is 18.2 Å². The summed E-state index contributed by atoms with van der Waals surface area (Å²) in [6.45, 7) is -3.11. The number of para-hydroxylation sites is 1. The Hall–Kier alpha value is -1.74. The van der Waals surface area contributed by atoms with Crippen molar-refractivity contribution in [3.8, 4) is 6.08 Å². The Morgan fingerprint density at radius 2 is 2.12 bits per heavy atom. The highest BCUT2D eigenvalue weighted by molar-refractivity contribution is 7.89. The molecule has 0 unspecified atom stereocenters. The van der Waals surface area contributed by atoms with Crippen molar-refractivity contribution in [2.24, 2.45) is 5.14 Å². The maximum absolute atomic E-state index is 11.9. The predicted molar refractivity (Wildman–Crippen MR) is 52.0 cm³/mol. The second-order valence-electron chi connectivity index (χ2n) is 3.01. The molecule has 0 spiro atoms. The van der Waals surface area contributed by atoms with Gasteiger partial charge in [-0.25, -0.2) is 13.6 Å². The summed E-state index contributed by atoms with van der Waals surface area (Å²) in [6.07, 6.45) is -0.717. The minimum Gasteiger partial charge on any atom is -0.407 e. The number of benzene rings is 1. The van der Waals surface area contributed by atoms with Crippen molar-refractivity contribution in [2.75, 3.05) is 0 Å². The third-order valence-electron chi connectivity index (χ3n) is 1.86. The zero-order valence-electron chi connectivity index (χ0n) is 8.13. The Morgan fingerprint density at radius 3 is 2.71 bits per heavy atom. The lowest BCUT2D eigenvalue weighted by Crippen LogP contribution is -2.12. The summed E-state index contributed by atoms with van der Waals surface area (Å²) in [5, 5.41) is 4.93. The van der Waals surface area contributed by atoms with E-state index in [-0.39, 0.29) is 16.0 Å². The molecule has 1 aromatic heterocycles. The van der Waals surface area contributed by atoms with Crippen molar-refractivity contribution in [1.29, 1.82) is 0 Å². The Bertz CT molecular complexity index is 653. The van der Waals surface area contributed by atoms with Crippen molar-refractivity contribution >= 4 is 21.1 Å². The van der Waals surface area contributed by atoms with Crippen LogP contribution in [0, 0.1) is 0 Å².